The van der Waals surface area contributed by atoms with Crippen LogP contribution in [0.3, 0.4) is 0 Å². The number of methoxy groups -OCH3 is 1. The van der Waals surface area contributed by atoms with Gasteiger partial charge >= 0.3 is 23.9 Å². The number of halogens is 4. The molecule has 1 aromatic rings. The zero-order chi connectivity index (χ0) is 26.6. The second-order valence-electron chi connectivity index (χ2n) is 7.01. The minimum atomic E-state index is -2.26. The van der Waals surface area contributed by atoms with Crippen molar-refractivity contribution in [3.63, 3.8) is 0 Å². The molecule has 35 heavy (non-hydrogen) atoms. The van der Waals surface area contributed by atoms with Gasteiger partial charge < -0.3 is 33.5 Å². The van der Waals surface area contributed by atoms with Gasteiger partial charge in [0, 0.05) is 20.8 Å². The van der Waals surface area contributed by atoms with Crippen molar-refractivity contribution >= 4 is 23.9 Å². The van der Waals surface area contributed by atoms with Crippen molar-refractivity contribution in [3.8, 4) is 5.75 Å². The van der Waals surface area contributed by atoms with Crippen LogP contribution in [0.5, 0.6) is 5.75 Å². The van der Waals surface area contributed by atoms with Gasteiger partial charge in [-0.25, -0.2) is 13.6 Å². The molecule has 11 nitrogen and oxygen atoms in total. The van der Waals surface area contributed by atoms with Crippen molar-refractivity contribution < 1.29 is 70.3 Å². The zero-order valence-electron chi connectivity index (χ0n) is 18.6. The summed E-state index contributed by atoms with van der Waals surface area (Å²) in [5.74, 6) is -14.3. The van der Waals surface area contributed by atoms with Gasteiger partial charge in [-0.1, -0.05) is 0 Å². The van der Waals surface area contributed by atoms with E-state index in [1.165, 1.54) is 0 Å². The normalized spacial score (nSPS) is 23.7. The van der Waals surface area contributed by atoms with Crippen LogP contribution in [-0.4, -0.2) is 66.8 Å². The van der Waals surface area contributed by atoms with Gasteiger partial charge in [0.25, 0.3) is 0 Å². The Morgan fingerprint density at radius 1 is 0.800 bits per heavy atom. The lowest BCUT2D eigenvalue weighted by atomic mass is 9.97. The Morgan fingerprint density at radius 2 is 1.26 bits per heavy atom. The van der Waals surface area contributed by atoms with Crippen LogP contribution < -0.4 is 4.74 Å². The fourth-order valence-corrected chi connectivity index (χ4v) is 3.19. The highest BCUT2D eigenvalue weighted by molar-refractivity contribution is 5.77. The van der Waals surface area contributed by atoms with E-state index in [-0.39, 0.29) is 0 Å². The number of esters is 4. The number of hydrogen-bond donors (Lipinski definition) is 1. The lowest BCUT2D eigenvalue weighted by molar-refractivity contribution is -0.283. The molecule has 0 bridgehead atoms. The Kier molecular flexibility index (Phi) is 8.98. The van der Waals surface area contributed by atoms with Crippen molar-refractivity contribution in [1.82, 2.24) is 0 Å². The predicted octanol–water partition coefficient (Wildman–Crippen LogP) is 0.807. The van der Waals surface area contributed by atoms with Crippen molar-refractivity contribution in [1.29, 1.82) is 0 Å². The molecule has 194 valence electrons. The molecule has 0 aliphatic carbocycles. The molecule has 15 heteroatoms. The maximum absolute atomic E-state index is 14.5. The molecule has 1 heterocycles. The molecule has 0 amide bonds. The molecule has 1 aromatic carbocycles. The third-order valence-corrected chi connectivity index (χ3v) is 4.54. The first kappa shape index (κ1) is 27.8. The van der Waals surface area contributed by atoms with Crippen molar-refractivity contribution in [2.24, 2.45) is 0 Å². The number of carbonyl (C=O) groups is 4. The van der Waals surface area contributed by atoms with E-state index < -0.39 is 95.8 Å². The van der Waals surface area contributed by atoms with Crippen LogP contribution in [0.1, 0.15) is 26.3 Å². The average Bonchev–Trinajstić information content (AvgIpc) is 2.77. The van der Waals surface area contributed by atoms with Crippen molar-refractivity contribution in [2.75, 3.05) is 7.11 Å². The summed E-state index contributed by atoms with van der Waals surface area (Å²) < 4.78 is 86.9. The van der Waals surface area contributed by atoms with E-state index in [0.717, 1.165) is 27.9 Å². The van der Waals surface area contributed by atoms with E-state index in [1.54, 1.807) is 0 Å². The summed E-state index contributed by atoms with van der Waals surface area (Å²) in [6, 6.07) is 0. The molecular weight excluding hydrogens is 492 g/mol. The van der Waals surface area contributed by atoms with Crippen LogP contribution in [0, 0.1) is 23.3 Å². The first-order valence-corrected chi connectivity index (χ1v) is 9.71. The monoisotopic (exact) mass is 512 g/mol. The van der Waals surface area contributed by atoms with Gasteiger partial charge in [-0.15, -0.1) is 0 Å². The Balaban J connectivity index is 2.66. The Morgan fingerprint density at radius 3 is 1.69 bits per heavy atom. The van der Waals surface area contributed by atoms with Crippen LogP contribution in [-0.2, 0) is 49.5 Å². The molecule has 0 saturated carbocycles. The summed E-state index contributed by atoms with van der Waals surface area (Å²) in [6.07, 6.45) is -9.91. The molecule has 1 saturated heterocycles. The largest absolute Gasteiger partial charge is 0.467 e. The highest BCUT2D eigenvalue weighted by Gasteiger charge is 2.56. The molecule has 1 fully saturated rings. The molecule has 0 spiro atoms. The van der Waals surface area contributed by atoms with Gasteiger partial charge in [-0.05, 0) is 0 Å². The Labute approximate surface area is 194 Å². The van der Waals surface area contributed by atoms with Crippen LogP contribution in [0.4, 0.5) is 17.6 Å². The minimum Gasteiger partial charge on any atom is -0.467 e. The lowest BCUT2D eigenvalue weighted by Gasteiger charge is -2.43. The lowest BCUT2D eigenvalue weighted by Crippen LogP contribution is -2.64. The fourth-order valence-electron chi connectivity index (χ4n) is 3.19. The summed E-state index contributed by atoms with van der Waals surface area (Å²) >= 11 is 0. The van der Waals surface area contributed by atoms with Gasteiger partial charge in [0.05, 0.1) is 19.3 Å². The van der Waals surface area contributed by atoms with Crippen LogP contribution in [0.25, 0.3) is 0 Å². The number of benzene rings is 1. The second kappa shape index (κ2) is 11.3. The van der Waals surface area contributed by atoms with Crippen LogP contribution in [0.2, 0.25) is 0 Å². The summed E-state index contributed by atoms with van der Waals surface area (Å²) in [6.45, 7) is 1.28. The molecule has 0 aromatic heterocycles. The standard InChI is InChI=1S/C20H20F4O11/c1-6(26)31-15-16(32-7(2)27)18(33-8(3)28)20(35-17(15)19(29)30-4)34-14-12(23)10(21)9(5-25)11(22)13(14)24/h15-18,20,25H,5H2,1-4H3/t15-,16-,17-,18+,20+/m0/s1. The molecule has 1 aliphatic heterocycles. The first-order chi connectivity index (χ1) is 16.3. The third kappa shape index (κ3) is 5.97. The number of aliphatic hydroxyl groups excluding tert-OH is 1. The zero-order valence-corrected chi connectivity index (χ0v) is 18.6. The topological polar surface area (TPSA) is 144 Å². The summed E-state index contributed by atoms with van der Waals surface area (Å²) in [7, 11) is 0.892. The maximum Gasteiger partial charge on any atom is 0.339 e. The van der Waals surface area contributed by atoms with Gasteiger partial charge in [-0.3, -0.25) is 14.4 Å². The SMILES string of the molecule is COC(=O)[C@H]1O[C@@H](Oc2c(F)c(F)c(CO)c(F)c2F)[C@H](OC(C)=O)[C@@H](OC(C)=O)[C@@H]1OC(C)=O. The van der Waals surface area contributed by atoms with Crippen molar-refractivity contribution in [3.05, 3.63) is 28.8 Å². The Hall–Kier alpha value is -3.46. The van der Waals surface area contributed by atoms with Crippen molar-refractivity contribution in [2.45, 2.75) is 58.1 Å². The maximum atomic E-state index is 14.5. The summed E-state index contributed by atoms with van der Waals surface area (Å²) in [5, 5.41) is 8.97. The molecular formula is C20H20F4O11. The molecule has 1 N–H and O–H groups in total. The summed E-state index contributed by atoms with van der Waals surface area (Å²) in [5.41, 5.74) is -1.34. The molecule has 0 unspecified atom stereocenters. The van der Waals surface area contributed by atoms with Crippen LogP contribution >= 0.6 is 0 Å². The number of rotatable bonds is 7. The van der Waals surface area contributed by atoms with E-state index in [0.29, 0.717) is 0 Å². The third-order valence-electron chi connectivity index (χ3n) is 4.54. The van der Waals surface area contributed by atoms with E-state index in [2.05, 4.69) is 4.74 Å². The van der Waals surface area contributed by atoms with Gasteiger partial charge in [-0.2, -0.15) is 8.78 Å². The van der Waals surface area contributed by atoms with E-state index in [9.17, 15) is 36.7 Å². The minimum absolute atomic E-state index is 0.867. The quantitative estimate of drug-likeness (QED) is 0.240. The number of carbonyl (C=O) groups excluding carboxylic acids is 4. The molecule has 0 radical (unpaired) electrons. The molecule has 1 aliphatic rings. The number of aliphatic hydroxyl groups is 1. The van der Waals surface area contributed by atoms with E-state index >= 15 is 0 Å². The smallest absolute Gasteiger partial charge is 0.339 e. The van der Waals surface area contributed by atoms with E-state index in [1.807, 2.05) is 0 Å². The van der Waals surface area contributed by atoms with Gasteiger partial charge in [0.1, 0.15) is 0 Å². The fraction of sp³-hybridized carbons (Fsp3) is 0.500. The van der Waals surface area contributed by atoms with E-state index in [4.69, 9.17) is 28.8 Å². The average molecular weight is 512 g/mol. The Bertz CT molecular complexity index is 986. The first-order valence-electron chi connectivity index (χ1n) is 9.71. The molecule has 5 atom stereocenters. The number of ether oxygens (including phenoxy) is 6. The molecule has 2 rings (SSSR count). The van der Waals surface area contributed by atoms with Gasteiger partial charge in [0.15, 0.2) is 35.7 Å². The van der Waals surface area contributed by atoms with Crippen LogP contribution in [0.15, 0.2) is 0 Å². The number of hydrogen-bond acceptors (Lipinski definition) is 11. The summed E-state index contributed by atoms with van der Waals surface area (Å²) in [4.78, 5) is 47.3. The highest BCUT2D eigenvalue weighted by atomic mass is 19.2. The highest BCUT2D eigenvalue weighted by Crippen LogP contribution is 2.35. The predicted molar refractivity (Wildman–Crippen MR) is 100 cm³/mol. The van der Waals surface area contributed by atoms with Gasteiger partial charge in [0.2, 0.25) is 24.0 Å². The second-order valence-corrected chi connectivity index (χ2v) is 7.01.